The van der Waals surface area contributed by atoms with Gasteiger partial charge in [0.15, 0.2) is 0 Å². The SMILES string of the molecule is Cc1cscc1NS(=O)(=O)c1c[nH]c2cc(Cl)ccc12. The number of halogens is 1. The summed E-state index contributed by atoms with van der Waals surface area (Å²) in [5.41, 5.74) is 2.21. The molecule has 1 aromatic carbocycles. The third kappa shape index (κ3) is 2.30. The van der Waals surface area contributed by atoms with E-state index in [0.717, 1.165) is 5.56 Å². The molecule has 0 amide bonds. The highest BCUT2D eigenvalue weighted by atomic mass is 35.5. The van der Waals surface area contributed by atoms with Gasteiger partial charge in [-0.05, 0) is 36.1 Å². The average Bonchev–Trinajstić information content (AvgIpc) is 2.96. The van der Waals surface area contributed by atoms with E-state index in [2.05, 4.69) is 9.71 Å². The van der Waals surface area contributed by atoms with E-state index >= 15 is 0 Å². The number of fused-ring (bicyclic) bond motifs is 1. The van der Waals surface area contributed by atoms with E-state index in [0.29, 0.717) is 21.6 Å². The summed E-state index contributed by atoms with van der Waals surface area (Å²) in [4.78, 5) is 3.15. The Hall–Kier alpha value is -1.50. The van der Waals surface area contributed by atoms with E-state index in [9.17, 15) is 8.42 Å². The number of H-pyrrole nitrogens is 1. The van der Waals surface area contributed by atoms with Crippen molar-refractivity contribution in [2.75, 3.05) is 4.72 Å². The van der Waals surface area contributed by atoms with E-state index in [1.54, 1.807) is 23.6 Å². The molecule has 7 heteroatoms. The van der Waals surface area contributed by atoms with Gasteiger partial charge < -0.3 is 4.98 Å². The Morgan fingerprint density at radius 3 is 2.80 bits per heavy atom. The fourth-order valence-electron chi connectivity index (χ4n) is 1.96. The van der Waals surface area contributed by atoms with Gasteiger partial charge in [0.2, 0.25) is 0 Å². The van der Waals surface area contributed by atoms with E-state index in [1.165, 1.54) is 17.5 Å². The van der Waals surface area contributed by atoms with Gasteiger partial charge in [0.05, 0.1) is 5.69 Å². The van der Waals surface area contributed by atoms with Crippen LogP contribution in [0.2, 0.25) is 5.02 Å². The smallest absolute Gasteiger partial charge is 0.264 e. The molecule has 0 radical (unpaired) electrons. The van der Waals surface area contributed by atoms with Crippen LogP contribution >= 0.6 is 22.9 Å². The number of hydrogen-bond acceptors (Lipinski definition) is 3. The second kappa shape index (κ2) is 4.80. The van der Waals surface area contributed by atoms with Crippen LogP contribution in [0.4, 0.5) is 5.69 Å². The Morgan fingerprint density at radius 1 is 1.30 bits per heavy atom. The highest BCUT2D eigenvalue weighted by Crippen LogP contribution is 2.28. The van der Waals surface area contributed by atoms with Crippen molar-refractivity contribution in [3.63, 3.8) is 0 Å². The number of benzene rings is 1. The Kier molecular flexibility index (Phi) is 3.24. The van der Waals surface area contributed by atoms with Crippen LogP contribution in [-0.4, -0.2) is 13.4 Å². The molecule has 4 nitrogen and oxygen atoms in total. The molecule has 3 aromatic rings. The van der Waals surface area contributed by atoms with Gasteiger partial charge >= 0.3 is 0 Å². The molecule has 0 aliphatic rings. The fraction of sp³-hybridized carbons (Fsp3) is 0.0769. The second-order valence-corrected chi connectivity index (χ2v) is 7.25. The molecule has 0 fully saturated rings. The van der Waals surface area contributed by atoms with Crippen LogP contribution < -0.4 is 4.72 Å². The minimum absolute atomic E-state index is 0.217. The van der Waals surface area contributed by atoms with Crippen molar-refractivity contribution in [1.82, 2.24) is 4.98 Å². The predicted molar refractivity (Wildman–Crippen MR) is 83.2 cm³/mol. The highest BCUT2D eigenvalue weighted by molar-refractivity contribution is 7.93. The van der Waals surface area contributed by atoms with E-state index in [-0.39, 0.29) is 4.90 Å². The number of anilines is 1. The van der Waals surface area contributed by atoms with Gasteiger partial charge in [-0.15, -0.1) is 11.3 Å². The maximum Gasteiger partial charge on any atom is 0.264 e. The third-order valence-electron chi connectivity index (χ3n) is 3.00. The number of hydrogen-bond donors (Lipinski definition) is 2. The number of aromatic amines is 1. The number of aromatic nitrogens is 1. The van der Waals surface area contributed by atoms with Gasteiger partial charge in [0.25, 0.3) is 10.0 Å². The average molecular weight is 327 g/mol. The first kappa shape index (κ1) is 13.5. The van der Waals surface area contributed by atoms with Crippen LogP contribution in [0.15, 0.2) is 40.1 Å². The Morgan fingerprint density at radius 2 is 2.10 bits per heavy atom. The van der Waals surface area contributed by atoms with Gasteiger partial charge in [-0.2, -0.15) is 0 Å². The first-order chi connectivity index (χ1) is 9.47. The van der Waals surface area contributed by atoms with E-state index < -0.39 is 10.0 Å². The fourth-order valence-corrected chi connectivity index (χ4v) is 4.29. The van der Waals surface area contributed by atoms with Gasteiger partial charge in [-0.3, -0.25) is 4.72 Å². The highest BCUT2D eigenvalue weighted by Gasteiger charge is 2.20. The molecule has 20 heavy (non-hydrogen) atoms. The quantitative estimate of drug-likeness (QED) is 0.764. The molecule has 2 aromatic heterocycles. The first-order valence-corrected chi connectivity index (χ1v) is 8.60. The van der Waals surface area contributed by atoms with Crippen LogP contribution in [0.25, 0.3) is 10.9 Å². The molecular formula is C13H11ClN2O2S2. The van der Waals surface area contributed by atoms with Crippen LogP contribution in [0, 0.1) is 6.92 Å². The standard InChI is InChI=1S/C13H11ClN2O2S2/c1-8-6-19-7-12(8)16-20(17,18)13-5-15-11-4-9(14)2-3-10(11)13/h2-7,15-16H,1H3. The molecule has 2 N–H and O–H groups in total. The first-order valence-electron chi connectivity index (χ1n) is 5.79. The zero-order valence-electron chi connectivity index (χ0n) is 10.5. The number of sulfonamides is 1. The largest absolute Gasteiger partial charge is 0.360 e. The summed E-state index contributed by atoms with van der Waals surface area (Å²) in [6, 6.07) is 5.07. The molecule has 0 aliphatic heterocycles. The van der Waals surface area contributed by atoms with Gasteiger partial charge in [-0.25, -0.2) is 8.42 Å². The van der Waals surface area contributed by atoms with Crippen molar-refractivity contribution < 1.29 is 8.42 Å². The lowest BCUT2D eigenvalue weighted by Crippen LogP contribution is -2.12. The predicted octanol–water partition coefficient (Wildman–Crippen LogP) is 3.99. The zero-order valence-corrected chi connectivity index (χ0v) is 12.9. The summed E-state index contributed by atoms with van der Waals surface area (Å²) in [6.45, 7) is 1.86. The summed E-state index contributed by atoms with van der Waals surface area (Å²) < 4.78 is 27.5. The minimum Gasteiger partial charge on any atom is -0.360 e. The molecule has 0 bridgehead atoms. The topological polar surface area (TPSA) is 62.0 Å². The second-order valence-electron chi connectivity index (χ2n) is 4.42. The molecule has 104 valence electrons. The molecule has 0 spiro atoms. The molecule has 0 saturated heterocycles. The van der Waals surface area contributed by atoms with Crippen LogP contribution in [0.5, 0.6) is 0 Å². The van der Waals surface area contributed by atoms with Crippen LogP contribution in [0.1, 0.15) is 5.56 Å². The summed E-state index contributed by atoms with van der Waals surface area (Å²) in [5.74, 6) is 0. The van der Waals surface area contributed by atoms with Gasteiger partial charge in [-0.1, -0.05) is 11.6 Å². The van der Waals surface area contributed by atoms with Gasteiger partial charge in [0.1, 0.15) is 4.90 Å². The molecule has 0 unspecified atom stereocenters. The van der Waals surface area contributed by atoms with Crippen molar-refractivity contribution in [3.8, 4) is 0 Å². The normalized spacial score (nSPS) is 11.9. The van der Waals surface area contributed by atoms with Crippen molar-refractivity contribution in [3.05, 3.63) is 45.7 Å². The van der Waals surface area contributed by atoms with E-state index in [4.69, 9.17) is 11.6 Å². The number of thiophene rings is 1. The zero-order chi connectivity index (χ0) is 14.3. The molecule has 3 rings (SSSR count). The minimum atomic E-state index is -3.62. The summed E-state index contributed by atoms with van der Waals surface area (Å²) in [5, 5.41) is 4.85. The Labute approximate surface area is 125 Å². The summed E-state index contributed by atoms with van der Waals surface area (Å²) in [6.07, 6.45) is 1.48. The van der Waals surface area contributed by atoms with Crippen molar-refractivity contribution in [2.45, 2.75) is 11.8 Å². The third-order valence-corrected chi connectivity index (χ3v) is 5.50. The summed E-state index contributed by atoms with van der Waals surface area (Å²) in [7, 11) is -3.62. The Balaban J connectivity index is 2.08. The number of rotatable bonds is 3. The number of aryl methyl sites for hydroxylation is 1. The van der Waals surface area contributed by atoms with Crippen molar-refractivity contribution in [1.29, 1.82) is 0 Å². The Bertz CT molecular complexity index is 881. The molecule has 0 atom stereocenters. The summed E-state index contributed by atoms with van der Waals surface area (Å²) >= 11 is 7.35. The lowest BCUT2D eigenvalue weighted by Gasteiger charge is -2.06. The lowest BCUT2D eigenvalue weighted by atomic mass is 10.2. The maximum absolute atomic E-state index is 12.5. The molecule has 0 saturated carbocycles. The van der Waals surface area contributed by atoms with Crippen LogP contribution in [0.3, 0.4) is 0 Å². The lowest BCUT2D eigenvalue weighted by molar-refractivity contribution is 0.602. The molecule has 0 aliphatic carbocycles. The van der Waals surface area contributed by atoms with Crippen LogP contribution in [-0.2, 0) is 10.0 Å². The maximum atomic E-state index is 12.5. The van der Waals surface area contributed by atoms with E-state index in [1.807, 2.05) is 12.3 Å². The van der Waals surface area contributed by atoms with Crippen molar-refractivity contribution in [2.24, 2.45) is 0 Å². The molecular weight excluding hydrogens is 316 g/mol. The number of nitrogens with one attached hydrogen (secondary N) is 2. The monoisotopic (exact) mass is 326 g/mol. The van der Waals surface area contributed by atoms with Crippen molar-refractivity contribution >= 4 is 49.6 Å². The van der Waals surface area contributed by atoms with Gasteiger partial charge in [0, 0.05) is 27.5 Å². The molecule has 2 heterocycles.